The number of hydrogen-bond donors (Lipinski definition) is 0. The summed E-state index contributed by atoms with van der Waals surface area (Å²) in [6.07, 6.45) is 6.76. The molecule has 0 bridgehead atoms. The highest BCUT2D eigenvalue weighted by Crippen LogP contribution is 2.27. The van der Waals surface area contributed by atoms with Crippen LogP contribution >= 0.6 is 31.9 Å². The van der Waals surface area contributed by atoms with Crippen LogP contribution in [0.1, 0.15) is 36.1 Å². The molecule has 0 unspecified atom stereocenters. The highest BCUT2D eigenvalue weighted by atomic mass is 79.9. The predicted octanol–water partition coefficient (Wildman–Crippen LogP) is 6.82. The Bertz CT molecular complexity index is 715. The first-order valence-corrected chi connectivity index (χ1v) is 9.01. The number of rotatable bonds is 0. The fraction of sp³-hybridized carbons (Fsp3) is 0.200. The zero-order valence-corrected chi connectivity index (χ0v) is 16.0. The third-order valence-corrected chi connectivity index (χ3v) is 4.94. The van der Waals surface area contributed by atoms with Gasteiger partial charge in [-0.2, -0.15) is 0 Å². The molecule has 22 heavy (non-hydrogen) atoms. The molecule has 0 spiro atoms. The zero-order chi connectivity index (χ0) is 15.7. The van der Waals surface area contributed by atoms with Crippen LogP contribution in [0.2, 0.25) is 0 Å². The molecule has 0 aromatic heterocycles. The predicted molar refractivity (Wildman–Crippen MR) is 103 cm³/mol. The van der Waals surface area contributed by atoms with Gasteiger partial charge in [-0.3, -0.25) is 0 Å². The van der Waals surface area contributed by atoms with Gasteiger partial charge in [0.2, 0.25) is 0 Å². The van der Waals surface area contributed by atoms with Crippen LogP contribution in [0.3, 0.4) is 0 Å². The molecule has 0 saturated heterocycles. The van der Waals surface area contributed by atoms with Gasteiger partial charge in [0.1, 0.15) is 0 Å². The van der Waals surface area contributed by atoms with Crippen molar-refractivity contribution in [2.45, 2.75) is 26.7 Å². The zero-order valence-electron chi connectivity index (χ0n) is 12.8. The molecule has 2 aliphatic rings. The smallest absolute Gasteiger partial charge is 0.0181 e. The third kappa shape index (κ3) is 3.61. The molecule has 0 radical (unpaired) electrons. The lowest BCUT2D eigenvalue weighted by Gasteiger charge is -1.97. The largest absolute Gasteiger partial charge is 0.0683 e. The maximum Gasteiger partial charge on any atom is 0.0181 e. The van der Waals surface area contributed by atoms with Gasteiger partial charge >= 0.3 is 0 Å². The Labute approximate surface area is 149 Å². The van der Waals surface area contributed by atoms with E-state index in [0.29, 0.717) is 0 Å². The lowest BCUT2D eigenvalue weighted by atomic mass is 10.1. The second-order valence-corrected chi connectivity index (χ2v) is 7.85. The van der Waals surface area contributed by atoms with Crippen molar-refractivity contribution in [3.8, 4) is 0 Å². The van der Waals surface area contributed by atoms with Crippen LogP contribution in [-0.4, -0.2) is 0 Å². The van der Waals surface area contributed by atoms with Crippen molar-refractivity contribution in [3.63, 3.8) is 0 Å². The first-order chi connectivity index (χ1) is 10.5. The van der Waals surface area contributed by atoms with Crippen LogP contribution in [0.4, 0.5) is 0 Å². The molecule has 0 N–H and O–H groups in total. The van der Waals surface area contributed by atoms with E-state index in [2.05, 4.69) is 94.3 Å². The molecule has 2 aromatic carbocycles. The molecule has 4 rings (SSSR count). The molecule has 0 saturated carbocycles. The second kappa shape index (κ2) is 6.55. The van der Waals surface area contributed by atoms with Crippen molar-refractivity contribution in [2.75, 3.05) is 0 Å². The van der Waals surface area contributed by atoms with Gasteiger partial charge in [-0.15, -0.1) is 0 Å². The van der Waals surface area contributed by atoms with Crippen molar-refractivity contribution < 1.29 is 0 Å². The van der Waals surface area contributed by atoms with E-state index >= 15 is 0 Å². The molecule has 0 heterocycles. The summed E-state index contributed by atoms with van der Waals surface area (Å²) >= 11 is 6.91. The Hall–Kier alpha value is -1.12. The Morgan fingerprint density at radius 1 is 0.682 bits per heavy atom. The lowest BCUT2D eigenvalue weighted by Crippen LogP contribution is -1.80. The quantitative estimate of drug-likeness (QED) is 0.441. The van der Waals surface area contributed by atoms with E-state index in [1.54, 1.807) is 0 Å². The maximum atomic E-state index is 3.46. The molecular weight excluding hydrogens is 400 g/mol. The molecule has 2 aromatic rings. The average Bonchev–Trinajstić information content (AvgIpc) is 2.99. The van der Waals surface area contributed by atoms with Gasteiger partial charge in [-0.05, 0) is 73.2 Å². The Balaban J connectivity index is 0.000000131. The summed E-state index contributed by atoms with van der Waals surface area (Å²) in [4.78, 5) is 0. The summed E-state index contributed by atoms with van der Waals surface area (Å²) in [5.74, 6) is 0. The number of allylic oxidation sites excluding steroid dienone is 2. The third-order valence-electron chi connectivity index (χ3n) is 3.96. The van der Waals surface area contributed by atoms with E-state index in [1.165, 1.54) is 42.3 Å². The van der Waals surface area contributed by atoms with E-state index in [0.717, 1.165) is 12.8 Å². The van der Waals surface area contributed by atoms with E-state index in [-0.39, 0.29) is 0 Å². The molecular formula is C20H18Br2. The van der Waals surface area contributed by atoms with Crippen LogP contribution in [0.15, 0.2) is 56.5 Å². The monoisotopic (exact) mass is 416 g/mol. The first kappa shape index (κ1) is 15.8. The van der Waals surface area contributed by atoms with Crippen LogP contribution < -0.4 is 0 Å². The summed E-state index contributed by atoms with van der Waals surface area (Å²) in [7, 11) is 0. The lowest BCUT2D eigenvalue weighted by molar-refractivity contribution is 1.19. The Kier molecular flexibility index (Phi) is 4.70. The fourth-order valence-electron chi connectivity index (χ4n) is 2.96. The topological polar surface area (TPSA) is 0 Å². The van der Waals surface area contributed by atoms with Crippen molar-refractivity contribution in [2.24, 2.45) is 0 Å². The first-order valence-electron chi connectivity index (χ1n) is 7.42. The normalized spacial score (nSPS) is 14.5. The van der Waals surface area contributed by atoms with E-state index in [4.69, 9.17) is 0 Å². The average molecular weight is 418 g/mol. The fourth-order valence-corrected chi connectivity index (χ4v) is 3.71. The van der Waals surface area contributed by atoms with Crippen molar-refractivity contribution >= 4 is 44.0 Å². The second-order valence-electron chi connectivity index (χ2n) is 6.02. The number of halogens is 2. The van der Waals surface area contributed by atoms with Crippen molar-refractivity contribution in [1.29, 1.82) is 0 Å². The number of benzene rings is 2. The summed E-state index contributed by atoms with van der Waals surface area (Å²) in [6, 6.07) is 12.9. The van der Waals surface area contributed by atoms with Gasteiger partial charge in [0.25, 0.3) is 0 Å². The van der Waals surface area contributed by atoms with Crippen LogP contribution in [-0.2, 0) is 12.8 Å². The summed E-state index contributed by atoms with van der Waals surface area (Å²) in [5, 5.41) is 0. The molecule has 0 nitrogen and oxygen atoms in total. The van der Waals surface area contributed by atoms with Gasteiger partial charge in [-0.25, -0.2) is 0 Å². The Morgan fingerprint density at radius 3 is 1.50 bits per heavy atom. The number of fused-ring (bicyclic) bond motifs is 2. The Morgan fingerprint density at radius 2 is 1.09 bits per heavy atom. The van der Waals surface area contributed by atoms with E-state index in [1.807, 2.05) is 0 Å². The van der Waals surface area contributed by atoms with E-state index < -0.39 is 0 Å². The standard InChI is InChI=1S/2C10H9Br/c2*1-7-4-8-2-3-10(11)6-9(8)5-7/h2*2-3,5-6H,4H2,1H3. The van der Waals surface area contributed by atoms with Gasteiger partial charge in [0, 0.05) is 8.95 Å². The number of hydrogen-bond acceptors (Lipinski definition) is 0. The molecule has 112 valence electrons. The minimum absolute atomic E-state index is 1.13. The molecule has 0 aliphatic heterocycles. The van der Waals surface area contributed by atoms with Gasteiger partial charge in [0.15, 0.2) is 0 Å². The molecule has 0 atom stereocenters. The van der Waals surface area contributed by atoms with Crippen LogP contribution in [0.5, 0.6) is 0 Å². The van der Waals surface area contributed by atoms with Crippen molar-refractivity contribution in [1.82, 2.24) is 0 Å². The molecule has 0 fully saturated rings. The highest BCUT2D eigenvalue weighted by molar-refractivity contribution is 9.10. The van der Waals surface area contributed by atoms with Crippen LogP contribution in [0.25, 0.3) is 12.2 Å². The van der Waals surface area contributed by atoms with Crippen LogP contribution in [0, 0.1) is 0 Å². The van der Waals surface area contributed by atoms with Crippen molar-refractivity contribution in [3.05, 3.63) is 78.7 Å². The SMILES string of the molecule is CC1=Cc2cc(Br)ccc2C1.CC1=Cc2cc(Br)ccc2C1. The highest BCUT2D eigenvalue weighted by Gasteiger charge is 2.09. The van der Waals surface area contributed by atoms with Gasteiger partial charge in [-0.1, -0.05) is 67.3 Å². The van der Waals surface area contributed by atoms with Gasteiger partial charge < -0.3 is 0 Å². The minimum Gasteiger partial charge on any atom is -0.0683 e. The molecule has 2 heteroatoms. The van der Waals surface area contributed by atoms with E-state index in [9.17, 15) is 0 Å². The minimum atomic E-state index is 1.13. The van der Waals surface area contributed by atoms with Gasteiger partial charge in [0.05, 0.1) is 0 Å². The summed E-state index contributed by atoms with van der Waals surface area (Å²) < 4.78 is 2.34. The molecule has 2 aliphatic carbocycles. The summed E-state index contributed by atoms with van der Waals surface area (Å²) in [6.45, 7) is 4.35. The summed E-state index contributed by atoms with van der Waals surface area (Å²) in [5.41, 5.74) is 8.56. The maximum absolute atomic E-state index is 3.46. The molecule has 0 amide bonds.